The summed E-state index contributed by atoms with van der Waals surface area (Å²) in [5, 5.41) is 3.23. The number of nitrogens with zero attached hydrogens (tertiary/aromatic N) is 3. The minimum atomic E-state index is -1.34. The molecule has 0 aliphatic carbocycles. The van der Waals surface area contributed by atoms with Crippen LogP contribution in [0.2, 0.25) is 0 Å². The number of rotatable bonds is 4. The fourth-order valence-corrected chi connectivity index (χ4v) is 3.33. The summed E-state index contributed by atoms with van der Waals surface area (Å²) in [4.78, 5) is 22.7. The fourth-order valence-electron chi connectivity index (χ4n) is 2.61. The number of ether oxygens (including phenoxy) is 1. The van der Waals surface area contributed by atoms with Crippen molar-refractivity contribution >= 4 is 44.7 Å². The second-order valence-electron chi connectivity index (χ2n) is 5.36. The Morgan fingerprint density at radius 1 is 1.36 bits per heavy atom. The first-order chi connectivity index (χ1) is 12.0. The lowest BCUT2D eigenvalue weighted by Gasteiger charge is -2.29. The molecule has 0 amide bonds. The maximum absolute atomic E-state index is 12.1. The first-order valence-corrected chi connectivity index (χ1v) is 9.25. The Bertz CT molecular complexity index is 882. The van der Waals surface area contributed by atoms with Crippen LogP contribution in [-0.2, 0) is 20.3 Å². The number of aromatic nitrogens is 2. The minimum Gasteiger partial charge on any atom is -0.463 e. The Morgan fingerprint density at radius 3 is 2.84 bits per heavy atom. The van der Waals surface area contributed by atoms with Crippen molar-refractivity contribution in [1.29, 1.82) is 0 Å². The summed E-state index contributed by atoms with van der Waals surface area (Å²) in [7, 11) is 0.561. The van der Waals surface area contributed by atoms with Crippen molar-refractivity contribution in [3.8, 4) is 0 Å². The van der Waals surface area contributed by atoms with Crippen LogP contribution in [0.5, 0.6) is 0 Å². The number of anilines is 4. The third-order valence-corrected chi connectivity index (χ3v) is 4.71. The van der Waals surface area contributed by atoms with Gasteiger partial charge in [-0.2, -0.15) is 0 Å². The van der Waals surface area contributed by atoms with Gasteiger partial charge in [-0.25, -0.2) is 14.8 Å². The van der Waals surface area contributed by atoms with E-state index in [1.807, 2.05) is 30.1 Å². The largest absolute Gasteiger partial charge is 0.463 e. The number of esters is 1. The third-order valence-electron chi connectivity index (χ3n) is 3.74. The van der Waals surface area contributed by atoms with E-state index in [0.29, 0.717) is 16.3 Å². The van der Waals surface area contributed by atoms with Crippen molar-refractivity contribution in [3.63, 3.8) is 0 Å². The van der Waals surface area contributed by atoms with Gasteiger partial charge in [0, 0.05) is 31.8 Å². The number of fused-ring (bicyclic) bond motifs is 2. The molecule has 7 nitrogen and oxygen atoms in total. The molecule has 1 atom stereocenters. The lowest BCUT2D eigenvalue weighted by atomic mass is 10.1. The van der Waals surface area contributed by atoms with Crippen molar-refractivity contribution < 1.29 is 13.7 Å². The second kappa shape index (κ2) is 7.02. The topological polar surface area (TPSA) is 84.4 Å². The van der Waals surface area contributed by atoms with Crippen LogP contribution in [0.1, 0.15) is 12.5 Å². The molecule has 1 aromatic heterocycles. The number of hydrogen-bond donors (Lipinski definition) is 1. The van der Waals surface area contributed by atoms with E-state index in [9.17, 15) is 9.00 Å². The van der Waals surface area contributed by atoms with Crippen molar-refractivity contribution in [2.75, 3.05) is 30.1 Å². The molecule has 0 spiro atoms. The molecule has 0 saturated heterocycles. The highest BCUT2D eigenvalue weighted by atomic mass is 32.2. The van der Waals surface area contributed by atoms with Gasteiger partial charge < -0.3 is 15.0 Å². The number of carbonyl (C=O) groups is 1. The van der Waals surface area contributed by atoms with Gasteiger partial charge in [-0.15, -0.1) is 0 Å². The van der Waals surface area contributed by atoms with Gasteiger partial charge in [0.15, 0.2) is 11.6 Å². The summed E-state index contributed by atoms with van der Waals surface area (Å²) in [6, 6.07) is 5.56. The SMILES string of the molecule is CCOC(=O)/C=C(/c1ccc2c(c1)Nc1nccnc1N2C)S(C)=O. The highest BCUT2D eigenvalue weighted by Gasteiger charge is 2.22. The molecule has 0 bridgehead atoms. The first kappa shape index (κ1) is 17.1. The molecule has 0 radical (unpaired) electrons. The van der Waals surface area contributed by atoms with Crippen LogP contribution in [0.3, 0.4) is 0 Å². The zero-order chi connectivity index (χ0) is 18.0. The first-order valence-electron chi connectivity index (χ1n) is 7.69. The average Bonchev–Trinajstić information content (AvgIpc) is 2.59. The molecule has 0 fully saturated rings. The molecule has 1 aliphatic heterocycles. The second-order valence-corrected chi connectivity index (χ2v) is 6.71. The van der Waals surface area contributed by atoms with Gasteiger partial charge in [-0.3, -0.25) is 4.21 Å². The molecular weight excluding hydrogens is 340 g/mol. The number of nitrogens with one attached hydrogen (secondary N) is 1. The van der Waals surface area contributed by atoms with Crippen molar-refractivity contribution in [1.82, 2.24) is 9.97 Å². The van der Waals surface area contributed by atoms with Gasteiger partial charge in [-0.1, -0.05) is 6.07 Å². The standard InChI is InChI=1S/C17H18N4O3S/c1-4-24-15(22)10-14(25(3)23)11-5-6-13-12(9-11)20-16-17(21(13)2)19-8-7-18-16/h5-10H,4H2,1-3H3,(H,18,20)/b14-10-. The normalized spacial score (nSPS) is 14.2. The molecule has 1 N–H and O–H groups in total. The maximum Gasteiger partial charge on any atom is 0.331 e. The van der Waals surface area contributed by atoms with Crippen molar-refractivity contribution in [3.05, 3.63) is 42.2 Å². The van der Waals surface area contributed by atoms with Gasteiger partial charge in [0.2, 0.25) is 0 Å². The van der Waals surface area contributed by atoms with E-state index in [1.165, 1.54) is 12.3 Å². The lowest BCUT2D eigenvalue weighted by molar-refractivity contribution is -0.137. The predicted octanol–water partition coefficient (Wildman–Crippen LogP) is 2.58. The van der Waals surface area contributed by atoms with Gasteiger partial charge in [-0.05, 0) is 24.6 Å². The maximum atomic E-state index is 12.1. The monoisotopic (exact) mass is 358 g/mol. The van der Waals surface area contributed by atoms with Crippen LogP contribution in [0.25, 0.3) is 4.91 Å². The summed E-state index contributed by atoms with van der Waals surface area (Å²) in [6.45, 7) is 2.00. The molecule has 130 valence electrons. The summed E-state index contributed by atoms with van der Waals surface area (Å²) < 4.78 is 17.0. The van der Waals surface area contributed by atoms with Gasteiger partial charge in [0.1, 0.15) is 0 Å². The molecular formula is C17H18N4O3S. The molecule has 1 aliphatic rings. The summed E-state index contributed by atoms with van der Waals surface area (Å²) in [5.74, 6) is 0.860. The van der Waals surface area contributed by atoms with Crippen LogP contribution in [0.15, 0.2) is 36.7 Å². The number of carbonyl (C=O) groups excluding carboxylic acids is 1. The highest BCUT2D eigenvalue weighted by molar-refractivity contribution is 7.93. The third kappa shape index (κ3) is 3.39. The van der Waals surface area contributed by atoms with Crippen LogP contribution < -0.4 is 10.2 Å². The molecule has 1 unspecified atom stereocenters. The molecule has 25 heavy (non-hydrogen) atoms. The quantitative estimate of drug-likeness (QED) is 0.664. The van der Waals surface area contributed by atoms with Crippen LogP contribution in [-0.4, -0.2) is 40.1 Å². The van der Waals surface area contributed by atoms with Crippen LogP contribution in [0, 0.1) is 0 Å². The molecule has 1 aromatic carbocycles. The molecule has 2 heterocycles. The van der Waals surface area contributed by atoms with E-state index < -0.39 is 16.8 Å². The smallest absolute Gasteiger partial charge is 0.331 e. The molecule has 0 saturated carbocycles. The lowest BCUT2D eigenvalue weighted by Crippen LogP contribution is -2.20. The Balaban J connectivity index is 2.01. The van der Waals surface area contributed by atoms with Gasteiger partial charge in [0.05, 0.1) is 33.7 Å². The van der Waals surface area contributed by atoms with Crippen LogP contribution >= 0.6 is 0 Å². The van der Waals surface area contributed by atoms with E-state index in [-0.39, 0.29) is 6.61 Å². The van der Waals surface area contributed by atoms with Crippen molar-refractivity contribution in [2.45, 2.75) is 6.92 Å². The van der Waals surface area contributed by atoms with E-state index in [2.05, 4.69) is 15.3 Å². The van der Waals surface area contributed by atoms with Crippen molar-refractivity contribution in [2.24, 2.45) is 0 Å². The Hall–Kier alpha value is -2.74. The Kier molecular flexibility index (Phi) is 4.80. The van der Waals surface area contributed by atoms with E-state index in [4.69, 9.17) is 4.74 Å². The number of hydrogen-bond acceptors (Lipinski definition) is 7. The predicted molar refractivity (Wildman–Crippen MR) is 98.5 cm³/mol. The zero-order valence-corrected chi connectivity index (χ0v) is 15.0. The highest BCUT2D eigenvalue weighted by Crippen LogP contribution is 2.41. The Labute approximate surface area is 148 Å². The van der Waals surface area contributed by atoms with E-state index in [0.717, 1.165) is 17.2 Å². The Morgan fingerprint density at radius 2 is 2.12 bits per heavy atom. The summed E-state index contributed by atoms with van der Waals surface area (Å²) in [6.07, 6.45) is 6.06. The average molecular weight is 358 g/mol. The van der Waals surface area contributed by atoms with Gasteiger partial charge >= 0.3 is 5.97 Å². The molecule has 3 rings (SSSR count). The van der Waals surface area contributed by atoms with E-state index in [1.54, 1.807) is 19.3 Å². The number of benzene rings is 1. The van der Waals surface area contributed by atoms with Crippen LogP contribution in [0.4, 0.5) is 23.0 Å². The van der Waals surface area contributed by atoms with Gasteiger partial charge in [0.25, 0.3) is 0 Å². The summed E-state index contributed by atoms with van der Waals surface area (Å²) in [5.41, 5.74) is 2.39. The van der Waals surface area contributed by atoms with E-state index >= 15 is 0 Å². The zero-order valence-electron chi connectivity index (χ0n) is 14.1. The minimum absolute atomic E-state index is 0.269. The fraction of sp³-hybridized carbons (Fsp3) is 0.235. The summed E-state index contributed by atoms with van der Waals surface area (Å²) >= 11 is 0. The molecule has 8 heteroatoms. The molecule has 2 aromatic rings.